The van der Waals surface area contributed by atoms with Crippen LogP contribution in [0.25, 0.3) is 0 Å². The molecule has 0 aliphatic rings. The molecule has 2 atom stereocenters. The maximum Gasteiger partial charge on any atom is 0.243 e. The van der Waals surface area contributed by atoms with Crippen LogP contribution in [-0.4, -0.2) is 31.9 Å². The van der Waals surface area contributed by atoms with E-state index in [9.17, 15) is 13.2 Å². The summed E-state index contributed by atoms with van der Waals surface area (Å²) >= 11 is 0. The predicted octanol–water partition coefficient (Wildman–Crippen LogP) is 3.52. The van der Waals surface area contributed by atoms with Gasteiger partial charge in [0.15, 0.2) is 0 Å². The summed E-state index contributed by atoms with van der Waals surface area (Å²) in [5.41, 5.74) is 1.65. The number of sulfonamides is 1. The molecule has 1 N–H and O–H groups in total. The number of hydrogen-bond donors (Lipinski definition) is 1. The van der Waals surface area contributed by atoms with Crippen LogP contribution in [0, 0.1) is 5.92 Å². The van der Waals surface area contributed by atoms with Gasteiger partial charge in [-0.2, -0.15) is 4.31 Å². The minimum atomic E-state index is -3.55. The maximum absolute atomic E-state index is 13.2. The van der Waals surface area contributed by atoms with Crippen LogP contribution in [0.15, 0.2) is 60.7 Å². The van der Waals surface area contributed by atoms with E-state index in [1.807, 2.05) is 36.4 Å². The van der Waals surface area contributed by atoms with Crippen molar-refractivity contribution in [2.24, 2.45) is 5.92 Å². The number of benzene rings is 2. The average Bonchev–Trinajstić information content (AvgIpc) is 2.62. The second kappa shape index (κ2) is 9.15. The Morgan fingerprint density at radius 1 is 0.963 bits per heavy atom. The normalized spacial score (nSPS) is 14.1. The van der Waals surface area contributed by atoms with E-state index >= 15 is 0 Å². The first kappa shape index (κ1) is 21.1. The average molecular weight is 389 g/mol. The van der Waals surface area contributed by atoms with Crippen molar-refractivity contribution < 1.29 is 13.2 Å². The molecule has 27 heavy (non-hydrogen) atoms. The molecule has 2 aromatic rings. The molecule has 0 bridgehead atoms. The molecular formula is C21H28N2O3S. The lowest BCUT2D eigenvalue weighted by molar-refractivity contribution is -0.125. The first-order valence-electron chi connectivity index (χ1n) is 9.03. The van der Waals surface area contributed by atoms with Gasteiger partial charge in [-0.25, -0.2) is 8.42 Å². The third kappa shape index (κ3) is 5.91. The predicted molar refractivity (Wildman–Crippen MR) is 109 cm³/mol. The van der Waals surface area contributed by atoms with E-state index < -0.39 is 16.1 Å². The van der Waals surface area contributed by atoms with Crippen LogP contribution < -0.4 is 5.32 Å². The third-order valence-corrected chi connectivity index (χ3v) is 5.73. The van der Waals surface area contributed by atoms with Crippen molar-refractivity contribution in [2.75, 3.05) is 13.3 Å². The molecule has 0 radical (unpaired) electrons. The molecular weight excluding hydrogens is 360 g/mol. The number of carbonyl (C=O) groups excluding carboxylic acids is 1. The van der Waals surface area contributed by atoms with Crippen molar-refractivity contribution in [3.8, 4) is 0 Å². The highest BCUT2D eigenvalue weighted by molar-refractivity contribution is 7.88. The molecule has 0 aliphatic heterocycles. The van der Waals surface area contributed by atoms with Crippen molar-refractivity contribution in [3.63, 3.8) is 0 Å². The molecule has 2 aromatic carbocycles. The van der Waals surface area contributed by atoms with Gasteiger partial charge in [-0.05, 0) is 23.5 Å². The van der Waals surface area contributed by atoms with Crippen LogP contribution in [-0.2, 0) is 14.8 Å². The van der Waals surface area contributed by atoms with Gasteiger partial charge in [0.2, 0.25) is 15.9 Å². The molecule has 0 aliphatic carbocycles. The molecule has 0 unspecified atom stereocenters. The minimum absolute atomic E-state index is 0.183. The second-order valence-electron chi connectivity index (χ2n) is 7.19. The van der Waals surface area contributed by atoms with Crippen molar-refractivity contribution in [2.45, 2.75) is 32.4 Å². The highest BCUT2D eigenvalue weighted by Crippen LogP contribution is 2.26. The van der Waals surface area contributed by atoms with E-state index in [0.717, 1.165) is 22.5 Å². The zero-order valence-electron chi connectivity index (χ0n) is 16.3. The Balaban J connectivity index is 2.35. The first-order valence-corrected chi connectivity index (χ1v) is 10.9. The Bertz CT molecular complexity index is 836. The monoisotopic (exact) mass is 388 g/mol. The van der Waals surface area contributed by atoms with Crippen LogP contribution in [0.5, 0.6) is 0 Å². The number of hydrogen-bond acceptors (Lipinski definition) is 3. The molecule has 0 aromatic heterocycles. The number of amides is 1. The SMILES string of the molecule is CC(C)C[C@H](NC(=O)[C@@H](c1ccccc1)N(C)S(C)(=O)=O)c1ccccc1. The van der Waals surface area contributed by atoms with E-state index in [1.165, 1.54) is 7.05 Å². The molecule has 0 heterocycles. The molecule has 1 amide bonds. The quantitative estimate of drug-likeness (QED) is 0.752. The van der Waals surface area contributed by atoms with Gasteiger partial charge in [0.05, 0.1) is 12.3 Å². The second-order valence-corrected chi connectivity index (χ2v) is 9.24. The van der Waals surface area contributed by atoms with Crippen molar-refractivity contribution in [1.82, 2.24) is 9.62 Å². The van der Waals surface area contributed by atoms with Crippen LogP contribution >= 0.6 is 0 Å². The molecule has 5 nitrogen and oxygen atoms in total. The molecule has 0 spiro atoms. The summed E-state index contributed by atoms with van der Waals surface area (Å²) in [5.74, 6) is 0.0435. The zero-order valence-corrected chi connectivity index (χ0v) is 17.1. The molecule has 0 saturated carbocycles. The van der Waals surface area contributed by atoms with Gasteiger partial charge in [0.25, 0.3) is 0 Å². The Kier molecular flexibility index (Phi) is 7.16. The fourth-order valence-electron chi connectivity index (χ4n) is 3.04. The van der Waals surface area contributed by atoms with E-state index in [-0.39, 0.29) is 11.9 Å². The molecule has 146 valence electrons. The number of nitrogens with one attached hydrogen (secondary N) is 1. The van der Waals surface area contributed by atoms with Crippen LogP contribution in [0.4, 0.5) is 0 Å². The van der Waals surface area contributed by atoms with Crippen LogP contribution in [0.1, 0.15) is 43.5 Å². The Labute approximate surface area is 162 Å². The summed E-state index contributed by atoms with van der Waals surface area (Å²) in [4.78, 5) is 13.2. The zero-order chi connectivity index (χ0) is 20.0. The van der Waals surface area contributed by atoms with Gasteiger partial charge in [-0.15, -0.1) is 0 Å². The largest absolute Gasteiger partial charge is 0.348 e. The summed E-state index contributed by atoms with van der Waals surface area (Å²) < 4.78 is 25.4. The summed E-state index contributed by atoms with van der Waals surface area (Å²) in [6, 6.07) is 17.6. The van der Waals surface area contributed by atoms with Gasteiger partial charge in [0, 0.05) is 7.05 Å². The fraction of sp³-hybridized carbons (Fsp3) is 0.381. The molecule has 0 saturated heterocycles. The number of carbonyl (C=O) groups is 1. The van der Waals surface area contributed by atoms with Crippen molar-refractivity contribution in [3.05, 3.63) is 71.8 Å². The summed E-state index contributed by atoms with van der Waals surface area (Å²) in [7, 11) is -2.11. The Morgan fingerprint density at radius 2 is 1.44 bits per heavy atom. The summed E-state index contributed by atoms with van der Waals surface area (Å²) in [6.45, 7) is 4.19. The summed E-state index contributed by atoms with van der Waals surface area (Å²) in [6.07, 6.45) is 1.87. The lowest BCUT2D eigenvalue weighted by Crippen LogP contribution is -2.42. The Morgan fingerprint density at radius 3 is 1.89 bits per heavy atom. The van der Waals surface area contributed by atoms with E-state index in [0.29, 0.717) is 11.5 Å². The Hall–Kier alpha value is -2.18. The lowest BCUT2D eigenvalue weighted by Gasteiger charge is -2.29. The van der Waals surface area contributed by atoms with Crippen molar-refractivity contribution in [1.29, 1.82) is 0 Å². The minimum Gasteiger partial charge on any atom is -0.348 e. The molecule has 2 rings (SSSR count). The number of nitrogens with zero attached hydrogens (tertiary/aromatic N) is 1. The van der Waals surface area contributed by atoms with E-state index in [2.05, 4.69) is 19.2 Å². The smallest absolute Gasteiger partial charge is 0.243 e. The summed E-state index contributed by atoms with van der Waals surface area (Å²) in [5, 5.41) is 3.07. The van der Waals surface area contributed by atoms with Crippen molar-refractivity contribution >= 4 is 15.9 Å². The lowest BCUT2D eigenvalue weighted by atomic mass is 9.96. The number of likely N-dealkylation sites (N-methyl/N-ethyl adjacent to an activating group) is 1. The topological polar surface area (TPSA) is 66.5 Å². The first-order chi connectivity index (χ1) is 12.7. The van der Waals surface area contributed by atoms with Gasteiger partial charge < -0.3 is 5.32 Å². The number of rotatable bonds is 8. The van der Waals surface area contributed by atoms with E-state index in [4.69, 9.17) is 0 Å². The van der Waals surface area contributed by atoms with E-state index in [1.54, 1.807) is 24.3 Å². The third-order valence-electron chi connectivity index (χ3n) is 4.48. The highest BCUT2D eigenvalue weighted by Gasteiger charge is 2.32. The molecule has 6 heteroatoms. The van der Waals surface area contributed by atoms with Gasteiger partial charge in [-0.1, -0.05) is 74.5 Å². The molecule has 0 fully saturated rings. The highest BCUT2D eigenvalue weighted by atomic mass is 32.2. The van der Waals surface area contributed by atoms with Gasteiger partial charge >= 0.3 is 0 Å². The van der Waals surface area contributed by atoms with Crippen LogP contribution in [0.2, 0.25) is 0 Å². The van der Waals surface area contributed by atoms with Gasteiger partial charge in [-0.3, -0.25) is 4.79 Å². The maximum atomic E-state index is 13.2. The fourth-order valence-corrected chi connectivity index (χ4v) is 3.64. The standard InChI is InChI=1S/C21H28N2O3S/c1-16(2)15-19(17-11-7-5-8-12-17)22-21(24)20(23(3)27(4,25)26)18-13-9-6-10-14-18/h5-14,16,19-20H,15H2,1-4H3,(H,22,24)/t19-,20+/m0/s1. The van der Waals surface area contributed by atoms with Crippen LogP contribution in [0.3, 0.4) is 0 Å². The van der Waals surface area contributed by atoms with Gasteiger partial charge in [0.1, 0.15) is 6.04 Å².